The van der Waals surface area contributed by atoms with E-state index in [4.69, 9.17) is 0 Å². The van der Waals surface area contributed by atoms with Crippen LogP contribution in [0, 0.1) is 0 Å². The molecule has 0 aliphatic carbocycles. The number of benzene rings is 1. The van der Waals surface area contributed by atoms with Crippen molar-refractivity contribution in [2.24, 2.45) is 0 Å². The van der Waals surface area contributed by atoms with Crippen molar-refractivity contribution < 1.29 is 9.90 Å². The molecule has 1 amide bonds. The second-order valence-corrected chi connectivity index (χ2v) is 6.15. The average molecular weight is 327 g/mol. The summed E-state index contributed by atoms with van der Waals surface area (Å²) in [4.78, 5) is 15.1. The highest BCUT2D eigenvalue weighted by Gasteiger charge is 2.21. The number of thiophene rings is 1. The van der Waals surface area contributed by atoms with Gasteiger partial charge in [0.1, 0.15) is 11.8 Å². The number of aliphatic hydroxyl groups excluding tert-OH is 1. The predicted molar refractivity (Wildman–Crippen MR) is 89.0 cm³/mol. The molecule has 0 saturated carbocycles. The molecule has 2 N–H and O–H groups in total. The molecule has 1 atom stereocenters. The van der Waals surface area contributed by atoms with Crippen molar-refractivity contribution in [1.29, 1.82) is 0 Å². The van der Waals surface area contributed by atoms with Crippen LogP contribution in [0.2, 0.25) is 0 Å². The van der Waals surface area contributed by atoms with Gasteiger partial charge in [0.25, 0.3) is 5.91 Å². The van der Waals surface area contributed by atoms with Gasteiger partial charge in [-0.25, -0.2) is 0 Å². The first-order chi connectivity index (χ1) is 11.2. The lowest BCUT2D eigenvalue weighted by Gasteiger charge is -2.24. The number of nitrogens with zero attached hydrogens (tertiary/aromatic N) is 2. The first kappa shape index (κ1) is 15.5. The van der Waals surface area contributed by atoms with Crippen molar-refractivity contribution in [3.05, 3.63) is 76.2 Å². The van der Waals surface area contributed by atoms with Gasteiger partial charge in [-0.1, -0.05) is 36.4 Å². The average Bonchev–Trinajstić information content (AvgIpc) is 3.27. The van der Waals surface area contributed by atoms with Crippen molar-refractivity contribution in [2.45, 2.75) is 12.6 Å². The normalized spacial score (nSPS) is 12.0. The fourth-order valence-corrected chi connectivity index (χ4v) is 3.05. The van der Waals surface area contributed by atoms with Gasteiger partial charge in [-0.2, -0.15) is 5.10 Å². The standard InChI is InChI=1S/C17H17N3O2S/c21-15(16-7-4-10-23-16)12-20(11-13-5-2-1-3-6-13)17(22)14-8-9-18-19-14/h1-10,15,21H,11-12H2,(H,18,19)/t15-/m1/s1. The molecule has 0 aliphatic rings. The van der Waals surface area contributed by atoms with Crippen LogP contribution in [-0.4, -0.2) is 32.7 Å². The molecule has 6 heteroatoms. The van der Waals surface area contributed by atoms with Crippen LogP contribution in [0.3, 0.4) is 0 Å². The molecule has 0 unspecified atom stereocenters. The van der Waals surface area contributed by atoms with E-state index in [1.807, 2.05) is 47.8 Å². The Kier molecular flexibility index (Phi) is 4.85. The van der Waals surface area contributed by atoms with Crippen LogP contribution in [0.15, 0.2) is 60.1 Å². The maximum absolute atomic E-state index is 12.7. The number of aliphatic hydroxyl groups is 1. The molecule has 0 spiro atoms. The molecule has 0 fully saturated rings. The van der Waals surface area contributed by atoms with Crippen LogP contribution >= 0.6 is 11.3 Å². The monoisotopic (exact) mass is 327 g/mol. The topological polar surface area (TPSA) is 69.2 Å². The smallest absolute Gasteiger partial charge is 0.272 e. The summed E-state index contributed by atoms with van der Waals surface area (Å²) in [7, 11) is 0. The van der Waals surface area contributed by atoms with Crippen molar-refractivity contribution in [3.63, 3.8) is 0 Å². The van der Waals surface area contributed by atoms with Gasteiger partial charge in [-0.15, -0.1) is 11.3 Å². The van der Waals surface area contributed by atoms with Gasteiger partial charge in [-0.3, -0.25) is 9.89 Å². The number of aromatic nitrogens is 2. The summed E-state index contributed by atoms with van der Waals surface area (Å²) in [5, 5.41) is 18.8. The summed E-state index contributed by atoms with van der Waals surface area (Å²) in [6.45, 7) is 0.661. The highest BCUT2D eigenvalue weighted by Crippen LogP contribution is 2.21. The zero-order valence-corrected chi connectivity index (χ0v) is 13.2. The lowest BCUT2D eigenvalue weighted by molar-refractivity contribution is 0.0603. The summed E-state index contributed by atoms with van der Waals surface area (Å²) in [5.41, 5.74) is 1.43. The number of rotatable bonds is 6. The van der Waals surface area contributed by atoms with Crippen molar-refractivity contribution in [3.8, 4) is 0 Å². The van der Waals surface area contributed by atoms with Crippen LogP contribution in [-0.2, 0) is 6.54 Å². The molecule has 0 bridgehead atoms. The Labute approximate surface area is 138 Å². The molecular formula is C17H17N3O2S. The van der Waals surface area contributed by atoms with Gasteiger partial charge < -0.3 is 10.0 Å². The van der Waals surface area contributed by atoms with E-state index < -0.39 is 6.10 Å². The molecule has 1 aromatic carbocycles. The molecule has 2 aromatic heterocycles. The minimum absolute atomic E-state index is 0.179. The van der Waals surface area contributed by atoms with E-state index in [0.717, 1.165) is 10.4 Å². The Bertz CT molecular complexity index is 727. The summed E-state index contributed by atoms with van der Waals surface area (Å²) >= 11 is 1.48. The Morgan fingerprint density at radius 2 is 2.04 bits per heavy atom. The molecular weight excluding hydrogens is 310 g/mol. The number of nitrogens with one attached hydrogen (secondary N) is 1. The van der Waals surface area contributed by atoms with Crippen molar-refractivity contribution in [2.75, 3.05) is 6.54 Å². The third-order valence-corrected chi connectivity index (χ3v) is 4.47. The lowest BCUT2D eigenvalue weighted by Crippen LogP contribution is -2.34. The van der Waals surface area contributed by atoms with Crippen LogP contribution in [0.4, 0.5) is 0 Å². The molecule has 2 heterocycles. The third-order valence-electron chi connectivity index (χ3n) is 3.50. The lowest BCUT2D eigenvalue weighted by atomic mass is 10.2. The molecule has 5 nitrogen and oxygen atoms in total. The molecule has 3 aromatic rings. The SMILES string of the molecule is O=C(c1ccn[nH]1)N(Cc1ccccc1)C[C@@H](O)c1cccs1. The number of H-pyrrole nitrogens is 1. The minimum atomic E-state index is -0.703. The van der Waals surface area contributed by atoms with E-state index in [0.29, 0.717) is 12.2 Å². The van der Waals surface area contributed by atoms with E-state index in [9.17, 15) is 9.90 Å². The number of hydrogen-bond donors (Lipinski definition) is 2. The molecule has 0 aliphatic heterocycles. The van der Waals surface area contributed by atoms with Crippen LogP contribution < -0.4 is 0 Å². The zero-order chi connectivity index (χ0) is 16.1. The first-order valence-electron chi connectivity index (χ1n) is 7.28. The predicted octanol–water partition coefficient (Wildman–Crippen LogP) is 2.85. The highest BCUT2D eigenvalue weighted by molar-refractivity contribution is 7.10. The van der Waals surface area contributed by atoms with Crippen LogP contribution in [0.1, 0.15) is 27.0 Å². The molecule has 118 valence electrons. The fourth-order valence-electron chi connectivity index (χ4n) is 2.35. The largest absolute Gasteiger partial charge is 0.386 e. The van der Waals surface area contributed by atoms with Gasteiger partial charge in [0, 0.05) is 17.6 Å². The first-order valence-corrected chi connectivity index (χ1v) is 8.16. The number of amides is 1. The summed E-state index contributed by atoms with van der Waals surface area (Å²) in [6.07, 6.45) is 0.842. The maximum Gasteiger partial charge on any atom is 0.272 e. The van der Waals surface area contributed by atoms with E-state index >= 15 is 0 Å². The number of carbonyl (C=O) groups excluding carboxylic acids is 1. The number of hydrogen-bond acceptors (Lipinski definition) is 4. The summed E-state index contributed by atoms with van der Waals surface area (Å²) in [5.74, 6) is -0.179. The fraction of sp³-hybridized carbons (Fsp3) is 0.176. The zero-order valence-electron chi connectivity index (χ0n) is 12.4. The van der Waals surface area contributed by atoms with Gasteiger partial charge in [0.15, 0.2) is 0 Å². The Morgan fingerprint density at radius 3 is 2.70 bits per heavy atom. The number of aromatic amines is 1. The van der Waals surface area contributed by atoms with Crippen molar-refractivity contribution in [1.82, 2.24) is 15.1 Å². The highest BCUT2D eigenvalue weighted by atomic mass is 32.1. The Morgan fingerprint density at radius 1 is 1.22 bits per heavy atom. The van der Waals surface area contributed by atoms with Gasteiger partial charge >= 0.3 is 0 Å². The van der Waals surface area contributed by atoms with Crippen molar-refractivity contribution >= 4 is 17.2 Å². The number of carbonyl (C=O) groups is 1. The maximum atomic E-state index is 12.7. The van der Waals surface area contributed by atoms with Gasteiger partial charge in [0.05, 0.1) is 6.54 Å². The second-order valence-electron chi connectivity index (χ2n) is 5.17. The summed E-state index contributed by atoms with van der Waals surface area (Å²) < 4.78 is 0. The molecule has 23 heavy (non-hydrogen) atoms. The molecule has 0 saturated heterocycles. The Hall–Kier alpha value is -2.44. The quantitative estimate of drug-likeness (QED) is 0.731. The van der Waals surface area contributed by atoms with Gasteiger partial charge in [-0.05, 0) is 23.1 Å². The van der Waals surface area contributed by atoms with E-state index in [2.05, 4.69) is 10.2 Å². The van der Waals surface area contributed by atoms with Crippen LogP contribution in [0.25, 0.3) is 0 Å². The minimum Gasteiger partial charge on any atom is -0.386 e. The molecule has 3 rings (SSSR count). The van der Waals surface area contributed by atoms with Gasteiger partial charge in [0.2, 0.25) is 0 Å². The van der Waals surface area contributed by atoms with Crippen LogP contribution in [0.5, 0.6) is 0 Å². The Balaban J connectivity index is 1.79. The second kappa shape index (κ2) is 7.21. The van der Waals surface area contributed by atoms with E-state index in [1.165, 1.54) is 11.3 Å². The molecule has 0 radical (unpaired) electrons. The third kappa shape index (κ3) is 3.85. The van der Waals surface area contributed by atoms with E-state index in [-0.39, 0.29) is 12.5 Å². The van der Waals surface area contributed by atoms with E-state index in [1.54, 1.807) is 17.2 Å². The summed E-state index contributed by atoms with van der Waals surface area (Å²) in [6, 6.07) is 15.1.